The lowest BCUT2D eigenvalue weighted by Gasteiger charge is -2.32. The zero-order chi connectivity index (χ0) is 35.3. The van der Waals surface area contributed by atoms with Gasteiger partial charge in [-0.1, -0.05) is 31.2 Å². The molecule has 0 bridgehead atoms. The second-order valence-electron chi connectivity index (χ2n) is 13.6. The van der Waals surface area contributed by atoms with Gasteiger partial charge in [0.25, 0.3) is 0 Å². The highest BCUT2D eigenvalue weighted by Gasteiger charge is 2.49. The fourth-order valence-corrected chi connectivity index (χ4v) is 8.15. The van der Waals surface area contributed by atoms with Crippen molar-refractivity contribution < 1.29 is 27.7 Å². The van der Waals surface area contributed by atoms with Crippen molar-refractivity contribution in [2.45, 2.75) is 57.3 Å². The highest BCUT2D eigenvalue weighted by Crippen LogP contribution is 2.45. The van der Waals surface area contributed by atoms with Crippen LogP contribution in [0, 0.1) is 5.82 Å². The first-order valence-corrected chi connectivity index (χ1v) is 17.5. The van der Waals surface area contributed by atoms with Gasteiger partial charge in [-0.15, -0.1) is 0 Å². The summed E-state index contributed by atoms with van der Waals surface area (Å²) < 4.78 is 55.8. The first-order chi connectivity index (χ1) is 24.8. The molecule has 2 aromatic carbocycles. The minimum absolute atomic E-state index is 0.00224. The van der Waals surface area contributed by atoms with Crippen LogP contribution in [0.25, 0.3) is 32.9 Å². The molecule has 13 heteroatoms. The molecule has 3 atom stereocenters. The number of halogens is 2. The number of methoxy groups -OCH3 is 1. The smallest absolute Gasteiger partial charge is 0.319 e. The molecule has 3 aromatic heterocycles. The standard InChI is InChI=1S/C38H41F2N7O4/c1-4-23-8-5-9-24-16-26(51-21-48-3)17-28(29(23)24)32-31(40)33-30-35(45-37(44-33)50-20-38-11-7-13-46(38)19-25(39)18-38)47(14-15-49-36(30)43-32)22(2)27-10-6-12-42-34(27)41/h5-6,8-10,12,16-17,22,25H,4,7,11,13-15,18-21H2,1-3H3,(H2,41,42)/t22-,25-,38+/m1/s1. The number of alkyl halides is 1. The zero-order valence-corrected chi connectivity index (χ0v) is 29.0. The number of fused-ring (bicyclic) bond motifs is 2. The molecule has 0 aliphatic carbocycles. The second-order valence-corrected chi connectivity index (χ2v) is 13.6. The molecule has 2 fully saturated rings. The Morgan fingerprint density at radius 1 is 1.10 bits per heavy atom. The van der Waals surface area contributed by atoms with E-state index in [4.69, 9.17) is 39.6 Å². The maximum Gasteiger partial charge on any atom is 0.319 e. The predicted octanol–water partition coefficient (Wildman–Crippen LogP) is 6.42. The number of aromatic nitrogens is 4. The summed E-state index contributed by atoms with van der Waals surface area (Å²) in [4.78, 5) is 23.0. The Labute approximate surface area is 294 Å². The Hall–Kier alpha value is -4.88. The van der Waals surface area contributed by atoms with Crippen molar-refractivity contribution in [3.63, 3.8) is 0 Å². The number of ether oxygens (including phenoxy) is 4. The maximum absolute atomic E-state index is 17.4. The van der Waals surface area contributed by atoms with Crippen molar-refractivity contribution in [3.8, 4) is 28.9 Å². The number of nitrogens with zero attached hydrogens (tertiary/aromatic N) is 6. The van der Waals surface area contributed by atoms with Crippen molar-refractivity contribution in [2.24, 2.45) is 0 Å². The van der Waals surface area contributed by atoms with Crippen molar-refractivity contribution in [3.05, 3.63) is 65.6 Å². The zero-order valence-electron chi connectivity index (χ0n) is 29.0. The molecule has 51 heavy (non-hydrogen) atoms. The van der Waals surface area contributed by atoms with Gasteiger partial charge < -0.3 is 29.6 Å². The van der Waals surface area contributed by atoms with E-state index in [1.807, 2.05) is 48.2 Å². The van der Waals surface area contributed by atoms with Gasteiger partial charge in [-0.25, -0.2) is 18.7 Å². The van der Waals surface area contributed by atoms with E-state index in [1.54, 1.807) is 19.4 Å². The van der Waals surface area contributed by atoms with Crippen LogP contribution in [0.4, 0.5) is 20.4 Å². The summed E-state index contributed by atoms with van der Waals surface area (Å²) in [5.41, 5.74) is 8.31. The Balaban J connectivity index is 1.33. The molecule has 3 aliphatic rings. The highest BCUT2D eigenvalue weighted by atomic mass is 19.1. The van der Waals surface area contributed by atoms with E-state index in [2.05, 4.69) is 16.8 Å². The van der Waals surface area contributed by atoms with Crippen molar-refractivity contribution in [1.82, 2.24) is 24.8 Å². The molecule has 0 radical (unpaired) electrons. The number of pyridine rings is 2. The fourth-order valence-electron chi connectivity index (χ4n) is 8.15. The number of anilines is 2. The van der Waals surface area contributed by atoms with Crippen LogP contribution in [0.3, 0.4) is 0 Å². The van der Waals surface area contributed by atoms with Gasteiger partial charge in [-0.3, -0.25) is 4.90 Å². The quantitative estimate of drug-likeness (QED) is 0.163. The van der Waals surface area contributed by atoms with Gasteiger partial charge in [0.15, 0.2) is 12.6 Å². The number of benzene rings is 2. The number of nitrogens with two attached hydrogens (primary N) is 1. The lowest BCUT2D eigenvalue weighted by molar-refractivity contribution is 0.0512. The first-order valence-electron chi connectivity index (χ1n) is 17.5. The van der Waals surface area contributed by atoms with E-state index in [9.17, 15) is 4.39 Å². The van der Waals surface area contributed by atoms with Crippen molar-refractivity contribution >= 4 is 33.3 Å². The Bertz CT molecular complexity index is 2120. The molecule has 11 nitrogen and oxygen atoms in total. The first kappa shape index (κ1) is 33.3. The van der Waals surface area contributed by atoms with Crippen LogP contribution >= 0.6 is 0 Å². The van der Waals surface area contributed by atoms with E-state index in [0.29, 0.717) is 54.3 Å². The van der Waals surface area contributed by atoms with Crippen LogP contribution in [0.2, 0.25) is 0 Å². The van der Waals surface area contributed by atoms with Gasteiger partial charge in [0.05, 0.1) is 18.1 Å². The molecule has 0 saturated carbocycles. The summed E-state index contributed by atoms with van der Waals surface area (Å²) in [7, 11) is 1.54. The summed E-state index contributed by atoms with van der Waals surface area (Å²) in [5, 5.41) is 2.05. The van der Waals surface area contributed by atoms with E-state index in [-0.39, 0.29) is 49.1 Å². The molecule has 0 spiro atoms. The van der Waals surface area contributed by atoms with Crippen molar-refractivity contribution in [2.75, 3.05) is 57.4 Å². The summed E-state index contributed by atoms with van der Waals surface area (Å²) >= 11 is 0. The lowest BCUT2D eigenvalue weighted by Crippen LogP contribution is -2.43. The molecule has 2 N–H and O–H groups in total. The van der Waals surface area contributed by atoms with Gasteiger partial charge in [0.1, 0.15) is 53.4 Å². The number of rotatable bonds is 10. The summed E-state index contributed by atoms with van der Waals surface area (Å²) in [5.74, 6) is 0.850. The molecule has 0 amide bonds. The van der Waals surface area contributed by atoms with Crippen LogP contribution in [-0.4, -0.2) is 83.3 Å². The summed E-state index contributed by atoms with van der Waals surface area (Å²) in [6, 6.07) is 13.1. The number of hydrogen-bond acceptors (Lipinski definition) is 11. The number of hydrogen-bond donors (Lipinski definition) is 1. The lowest BCUT2D eigenvalue weighted by atomic mass is 9.95. The molecular weight excluding hydrogens is 656 g/mol. The van der Waals surface area contributed by atoms with Gasteiger partial charge in [0, 0.05) is 37.4 Å². The minimum Gasteiger partial charge on any atom is -0.475 e. The van der Waals surface area contributed by atoms with Gasteiger partial charge in [-0.05, 0) is 67.3 Å². The predicted molar refractivity (Wildman–Crippen MR) is 191 cm³/mol. The molecular formula is C38H41F2N7O4. The van der Waals surface area contributed by atoms with Crippen LogP contribution in [0.1, 0.15) is 50.3 Å². The third-order valence-electron chi connectivity index (χ3n) is 10.6. The third kappa shape index (κ3) is 5.81. The van der Waals surface area contributed by atoms with E-state index in [0.717, 1.165) is 41.3 Å². The maximum atomic E-state index is 17.4. The molecule has 2 saturated heterocycles. The minimum atomic E-state index is -0.922. The monoisotopic (exact) mass is 697 g/mol. The topological polar surface area (TPSA) is 121 Å². The molecule has 3 aliphatic heterocycles. The third-order valence-corrected chi connectivity index (χ3v) is 10.6. The Morgan fingerprint density at radius 2 is 1.98 bits per heavy atom. The average molecular weight is 698 g/mol. The summed E-state index contributed by atoms with van der Waals surface area (Å²) in [6.07, 6.45) is 3.59. The van der Waals surface area contributed by atoms with E-state index < -0.39 is 17.5 Å². The van der Waals surface area contributed by atoms with Crippen molar-refractivity contribution in [1.29, 1.82) is 0 Å². The molecule has 266 valence electrons. The van der Waals surface area contributed by atoms with Gasteiger partial charge >= 0.3 is 6.01 Å². The largest absolute Gasteiger partial charge is 0.475 e. The van der Waals surface area contributed by atoms with Crippen LogP contribution in [-0.2, 0) is 11.2 Å². The highest BCUT2D eigenvalue weighted by molar-refractivity contribution is 6.03. The number of nitrogen functional groups attached to an aromatic ring is 1. The normalized spacial score (nSPS) is 20.7. The molecule has 8 rings (SSSR count). The number of aryl methyl sites for hydroxylation is 1. The fraction of sp³-hybridized carbons (Fsp3) is 0.421. The molecule has 0 unspecified atom stereocenters. The van der Waals surface area contributed by atoms with Gasteiger partial charge in [0.2, 0.25) is 5.88 Å². The SMILES string of the molecule is CCc1cccc2cc(OCOC)cc(-c3nc4c5c(nc(OC[C@@]67CCCN6C[C@H](F)C7)nc5c3F)N([C@H](C)c3cccnc3N)CCO4)c12. The van der Waals surface area contributed by atoms with Crippen LogP contribution in [0.5, 0.6) is 17.6 Å². The molecule has 6 heterocycles. The summed E-state index contributed by atoms with van der Waals surface area (Å²) in [6.45, 7) is 6.09. The van der Waals surface area contributed by atoms with E-state index in [1.165, 1.54) is 0 Å². The van der Waals surface area contributed by atoms with Gasteiger partial charge in [-0.2, -0.15) is 9.97 Å². The average Bonchev–Trinajstić information content (AvgIpc) is 3.60. The van der Waals surface area contributed by atoms with Crippen LogP contribution in [0.15, 0.2) is 48.7 Å². The molecule has 5 aromatic rings. The Kier molecular flexibility index (Phi) is 8.71. The Morgan fingerprint density at radius 3 is 2.80 bits per heavy atom. The van der Waals surface area contributed by atoms with Crippen LogP contribution < -0.4 is 24.8 Å². The van der Waals surface area contributed by atoms with E-state index >= 15 is 4.39 Å². The second kappa shape index (κ2) is 13.3.